The first-order valence-electron chi connectivity index (χ1n) is 14.4. The number of nitrogens with zero attached hydrogens (tertiary/aromatic N) is 3. The van der Waals surface area contributed by atoms with E-state index in [0.717, 1.165) is 15.9 Å². The number of hydrogen-bond acceptors (Lipinski definition) is 9. The Bertz CT molecular complexity index is 1790. The summed E-state index contributed by atoms with van der Waals surface area (Å²) in [5.41, 5.74) is 6.31. The van der Waals surface area contributed by atoms with Crippen LogP contribution in [0, 0.1) is 0 Å². The van der Waals surface area contributed by atoms with Crippen molar-refractivity contribution in [2.75, 3.05) is 21.3 Å². The monoisotopic (exact) mass is 667 g/mol. The number of rotatable bonds is 12. The van der Waals surface area contributed by atoms with Crippen molar-refractivity contribution in [2.45, 2.75) is 30.7 Å². The SMILES string of the molecule is Bc1ccc(C(F)(F)F)c(S(=O)(=O)N(Cc2ccc(OC)cc2)Cc2ccc(OC)cc2)c1C1=NN(Cc2ccc(OC)cc2)NN1. The van der Waals surface area contributed by atoms with Gasteiger partial charge in [0.25, 0.3) is 0 Å². The van der Waals surface area contributed by atoms with E-state index in [9.17, 15) is 21.6 Å². The van der Waals surface area contributed by atoms with Crippen LogP contribution in [0.1, 0.15) is 27.8 Å². The minimum atomic E-state index is -4.99. The molecule has 15 heteroatoms. The fraction of sp³-hybridized carbons (Fsp3) is 0.219. The van der Waals surface area contributed by atoms with Crippen LogP contribution in [-0.2, 0) is 35.8 Å². The molecule has 0 spiro atoms. The Morgan fingerprint density at radius 2 is 1.23 bits per heavy atom. The van der Waals surface area contributed by atoms with Gasteiger partial charge in [0.05, 0.1) is 33.4 Å². The zero-order chi connectivity index (χ0) is 33.8. The molecule has 0 radical (unpaired) electrons. The molecule has 1 heterocycles. The van der Waals surface area contributed by atoms with Gasteiger partial charge in [0.15, 0.2) is 5.84 Å². The highest BCUT2D eigenvalue weighted by Gasteiger charge is 2.42. The van der Waals surface area contributed by atoms with Crippen LogP contribution >= 0.6 is 0 Å². The summed E-state index contributed by atoms with van der Waals surface area (Å²) in [5, 5.41) is 5.81. The highest BCUT2D eigenvalue weighted by atomic mass is 32.2. The summed E-state index contributed by atoms with van der Waals surface area (Å²) in [4.78, 5) is -0.897. The molecule has 0 amide bonds. The van der Waals surface area contributed by atoms with E-state index in [2.05, 4.69) is 16.1 Å². The molecule has 0 bridgehead atoms. The largest absolute Gasteiger partial charge is 0.497 e. The molecule has 2 N–H and O–H groups in total. The minimum Gasteiger partial charge on any atom is -0.497 e. The molecule has 0 saturated carbocycles. The molecule has 4 aromatic carbocycles. The van der Waals surface area contributed by atoms with E-state index in [1.165, 1.54) is 25.4 Å². The normalized spacial score (nSPS) is 13.3. The van der Waals surface area contributed by atoms with E-state index < -0.39 is 26.7 Å². The van der Waals surface area contributed by atoms with Crippen molar-refractivity contribution < 1.29 is 35.8 Å². The van der Waals surface area contributed by atoms with Gasteiger partial charge in [-0.25, -0.2) is 13.5 Å². The lowest BCUT2D eigenvalue weighted by Gasteiger charge is -2.27. The van der Waals surface area contributed by atoms with Crippen molar-refractivity contribution in [1.82, 2.24) is 20.4 Å². The highest BCUT2D eigenvalue weighted by molar-refractivity contribution is 7.89. The Morgan fingerprint density at radius 3 is 1.68 bits per heavy atom. The maximum atomic E-state index is 14.7. The molecule has 0 aromatic heterocycles. The van der Waals surface area contributed by atoms with Crippen LogP contribution in [0.3, 0.4) is 0 Å². The lowest BCUT2D eigenvalue weighted by atomic mass is 9.88. The predicted octanol–water partition coefficient (Wildman–Crippen LogP) is 3.57. The molecule has 0 aliphatic carbocycles. The number of ether oxygens (including phenoxy) is 3. The molecule has 4 aromatic rings. The summed E-state index contributed by atoms with van der Waals surface area (Å²) in [7, 11) is 1.25. The van der Waals surface area contributed by atoms with Gasteiger partial charge in [0, 0.05) is 18.7 Å². The zero-order valence-electron chi connectivity index (χ0n) is 26.1. The van der Waals surface area contributed by atoms with Crippen molar-refractivity contribution in [3.63, 3.8) is 0 Å². The van der Waals surface area contributed by atoms with Crippen LogP contribution in [0.15, 0.2) is 94.9 Å². The van der Waals surface area contributed by atoms with Gasteiger partial charge >= 0.3 is 6.18 Å². The summed E-state index contributed by atoms with van der Waals surface area (Å²) in [6.07, 6.45) is -4.99. The maximum Gasteiger partial charge on any atom is 0.417 e. The maximum absolute atomic E-state index is 14.7. The summed E-state index contributed by atoms with van der Waals surface area (Å²) < 4.78 is 90.0. The van der Waals surface area contributed by atoms with Gasteiger partial charge in [-0.2, -0.15) is 17.5 Å². The smallest absolute Gasteiger partial charge is 0.417 e. The standard InChI is InChI=1S/C32H33BF3N5O5S/c1-44-24-10-4-21(5-11-24)18-40(19-22-6-12-25(45-2)13-7-22)47(42,43)30-27(32(34,35)36)16-17-28(33)29(30)31-37-39-41(38-31)20-23-8-14-26(46-3)15-9-23/h4-17,39H,18-20,33H2,1-3H3,(H,37,38). The van der Waals surface area contributed by atoms with Crippen LogP contribution in [0.2, 0.25) is 0 Å². The Hall–Kier alpha value is -4.73. The van der Waals surface area contributed by atoms with E-state index >= 15 is 0 Å². The number of methoxy groups -OCH3 is 3. The second kappa shape index (κ2) is 14.0. The topological polar surface area (TPSA) is 105 Å². The van der Waals surface area contributed by atoms with Gasteiger partial charge in [-0.15, -0.1) is 10.6 Å². The molecule has 5 rings (SSSR count). The highest BCUT2D eigenvalue weighted by Crippen LogP contribution is 2.38. The number of amidine groups is 1. The lowest BCUT2D eigenvalue weighted by Crippen LogP contribution is -2.41. The van der Waals surface area contributed by atoms with Gasteiger partial charge in [-0.1, -0.05) is 47.9 Å². The molecule has 47 heavy (non-hydrogen) atoms. The van der Waals surface area contributed by atoms with E-state index in [4.69, 9.17) is 14.2 Å². The predicted molar refractivity (Wildman–Crippen MR) is 173 cm³/mol. The summed E-state index contributed by atoms with van der Waals surface area (Å²) in [6.45, 7) is -0.211. The molecule has 0 unspecified atom stereocenters. The Morgan fingerprint density at radius 1 is 0.766 bits per heavy atom. The first-order valence-corrected chi connectivity index (χ1v) is 15.8. The molecule has 246 valence electrons. The number of halogens is 3. The van der Waals surface area contributed by atoms with Gasteiger partial charge in [-0.3, -0.25) is 5.43 Å². The van der Waals surface area contributed by atoms with E-state index in [1.54, 1.807) is 75.6 Å². The number of hydrazone groups is 1. The average molecular weight is 668 g/mol. The number of nitrogens with one attached hydrogen (secondary N) is 2. The molecular weight excluding hydrogens is 634 g/mol. The van der Waals surface area contributed by atoms with Crippen molar-refractivity contribution >= 4 is 29.2 Å². The summed E-state index contributed by atoms with van der Waals surface area (Å²) >= 11 is 0. The fourth-order valence-corrected chi connectivity index (χ4v) is 6.94. The lowest BCUT2D eigenvalue weighted by molar-refractivity contribution is -0.139. The first kappa shape index (κ1) is 33.6. The third kappa shape index (κ3) is 7.64. The summed E-state index contributed by atoms with van der Waals surface area (Å²) in [6, 6.07) is 22.5. The van der Waals surface area contributed by atoms with E-state index in [1.807, 2.05) is 12.1 Å². The van der Waals surface area contributed by atoms with E-state index in [-0.39, 0.29) is 36.5 Å². The molecule has 1 aliphatic heterocycles. The molecular formula is C32H33BF3N5O5S. The third-order valence-electron chi connectivity index (χ3n) is 7.56. The Labute approximate surface area is 272 Å². The second-order valence-corrected chi connectivity index (χ2v) is 12.6. The molecule has 1 aliphatic rings. The van der Waals surface area contributed by atoms with Crippen molar-refractivity contribution in [1.29, 1.82) is 0 Å². The Kier molecular flexibility index (Phi) is 9.98. The number of alkyl halides is 3. The fourth-order valence-electron chi connectivity index (χ4n) is 5.07. The molecule has 0 fully saturated rings. The van der Waals surface area contributed by atoms with Crippen molar-refractivity contribution in [3.8, 4) is 17.2 Å². The third-order valence-corrected chi connectivity index (χ3v) is 9.44. The number of benzene rings is 4. The van der Waals surface area contributed by atoms with Crippen LogP contribution in [0.4, 0.5) is 13.2 Å². The van der Waals surface area contributed by atoms with Crippen LogP contribution in [0.5, 0.6) is 17.2 Å². The van der Waals surface area contributed by atoms with Gasteiger partial charge < -0.3 is 14.2 Å². The van der Waals surface area contributed by atoms with Crippen LogP contribution in [0.25, 0.3) is 0 Å². The summed E-state index contributed by atoms with van der Waals surface area (Å²) in [5.74, 6) is 1.69. The number of hydrogen-bond donors (Lipinski definition) is 2. The second-order valence-electron chi connectivity index (χ2n) is 10.7. The van der Waals surface area contributed by atoms with E-state index in [0.29, 0.717) is 28.4 Å². The zero-order valence-corrected chi connectivity index (χ0v) is 26.9. The van der Waals surface area contributed by atoms with Gasteiger partial charge in [0.2, 0.25) is 10.0 Å². The van der Waals surface area contributed by atoms with Gasteiger partial charge in [-0.05, 0) is 59.2 Å². The molecule has 10 nitrogen and oxygen atoms in total. The van der Waals surface area contributed by atoms with Crippen molar-refractivity contribution in [3.05, 3.63) is 113 Å². The molecule has 0 saturated heterocycles. The minimum absolute atomic E-state index is 0.0745. The average Bonchev–Trinajstić information content (AvgIpc) is 3.52. The first-order chi connectivity index (χ1) is 22.4. The number of hydrazine groups is 2. The quantitative estimate of drug-likeness (QED) is 0.221. The van der Waals surface area contributed by atoms with Crippen LogP contribution < -0.4 is 30.6 Å². The molecule has 0 atom stereocenters. The van der Waals surface area contributed by atoms with Gasteiger partial charge in [0.1, 0.15) is 30.0 Å². The number of sulfonamides is 1. The van der Waals surface area contributed by atoms with Crippen molar-refractivity contribution in [2.24, 2.45) is 5.10 Å². The van der Waals surface area contributed by atoms with Crippen LogP contribution in [-0.4, -0.2) is 52.9 Å². The Balaban J connectivity index is 1.60.